The average Bonchev–Trinajstić information content (AvgIpc) is 2.60. The van der Waals surface area contributed by atoms with Gasteiger partial charge in [0.25, 0.3) is 0 Å². The van der Waals surface area contributed by atoms with Gasteiger partial charge in [-0.1, -0.05) is 6.07 Å². The molecule has 0 saturated heterocycles. The van der Waals surface area contributed by atoms with Crippen LogP contribution in [-0.2, 0) is 35.0 Å². The van der Waals surface area contributed by atoms with Crippen molar-refractivity contribution in [2.45, 2.75) is 39.3 Å². The molecule has 0 fully saturated rings. The van der Waals surface area contributed by atoms with Crippen molar-refractivity contribution in [3.8, 4) is 11.5 Å². The number of nitrogens with two attached hydrogens (primary N) is 1. The van der Waals surface area contributed by atoms with Gasteiger partial charge in [-0.05, 0) is 31.0 Å². The van der Waals surface area contributed by atoms with Crippen molar-refractivity contribution in [2.24, 2.45) is 5.73 Å². The lowest BCUT2D eigenvalue weighted by Crippen LogP contribution is -2.37. The molecule has 0 amide bonds. The van der Waals surface area contributed by atoms with Crippen molar-refractivity contribution >= 4 is 24.1 Å². The second-order valence-corrected chi connectivity index (χ2v) is 5.79. The molecular formula is C18H23NO9. The fourth-order valence-electron chi connectivity index (χ4n) is 2.05. The van der Waals surface area contributed by atoms with E-state index in [-0.39, 0.29) is 24.5 Å². The van der Waals surface area contributed by atoms with Crippen LogP contribution in [-0.4, -0.2) is 49.9 Å². The van der Waals surface area contributed by atoms with Gasteiger partial charge in [0, 0.05) is 13.8 Å². The van der Waals surface area contributed by atoms with Crippen molar-refractivity contribution in [1.29, 1.82) is 0 Å². The van der Waals surface area contributed by atoms with Gasteiger partial charge in [-0.2, -0.15) is 0 Å². The Balaban J connectivity index is 2.74. The lowest BCUT2D eigenvalue weighted by atomic mass is 10.1. The summed E-state index contributed by atoms with van der Waals surface area (Å²) >= 11 is 0. The van der Waals surface area contributed by atoms with Gasteiger partial charge in [-0.15, -0.1) is 0 Å². The van der Waals surface area contributed by atoms with Gasteiger partial charge in [-0.25, -0.2) is 4.79 Å². The van der Waals surface area contributed by atoms with Gasteiger partial charge < -0.3 is 29.4 Å². The summed E-state index contributed by atoms with van der Waals surface area (Å²) in [5, 5.41) is 0. The summed E-state index contributed by atoms with van der Waals surface area (Å²) in [6.07, 6.45) is -1.54. The first kappa shape index (κ1) is 22.9. The van der Waals surface area contributed by atoms with Crippen molar-refractivity contribution in [3.63, 3.8) is 0 Å². The molecule has 10 heteroatoms. The minimum atomic E-state index is -1.02. The third-order valence-electron chi connectivity index (χ3n) is 3.19. The second kappa shape index (κ2) is 10.9. The van der Waals surface area contributed by atoms with Crippen LogP contribution in [0.3, 0.4) is 0 Å². The quantitative estimate of drug-likeness (QED) is 0.501. The molecule has 0 aliphatic rings. The fourth-order valence-corrected chi connectivity index (χ4v) is 2.05. The van der Waals surface area contributed by atoms with Crippen LogP contribution < -0.4 is 15.2 Å². The van der Waals surface area contributed by atoms with E-state index in [9.17, 15) is 19.2 Å². The molecule has 0 spiro atoms. The monoisotopic (exact) mass is 397 g/mol. The molecule has 0 aliphatic heterocycles. The van der Waals surface area contributed by atoms with E-state index in [2.05, 4.69) is 9.47 Å². The van der Waals surface area contributed by atoms with Crippen LogP contribution >= 0.6 is 0 Å². The largest absolute Gasteiger partial charge is 0.508 e. The summed E-state index contributed by atoms with van der Waals surface area (Å²) in [6, 6.07) is 3.42. The number of hydrogen-bond donors (Lipinski definition) is 1. The molecule has 10 nitrogen and oxygen atoms in total. The van der Waals surface area contributed by atoms with E-state index in [1.165, 1.54) is 32.9 Å². The Bertz CT molecular complexity index is 732. The third kappa shape index (κ3) is 8.04. The second-order valence-electron chi connectivity index (χ2n) is 5.79. The number of esters is 3. The summed E-state index contributed by atoms with van der Waals surface area (Å²) in [4.78, 5) is 45.4. The summed E-state index contributed by atoms with van der Waals surface area (Å²) in [5.74, 6) is -1.80. The molecule has 1 aromatic carbocycles. The topological polar surface area (TPSA) is 140 Å². The summed E-state index contributed by atoms with van der Waals surface area (Å²) < 4.78 is 24.1. The van der Waals surface area contributed by atoms with Crippen LogP contribution in [0, 0.1) is 0 Å². The number of hydrogen-bond acceptors (Lipinski definition) is 10. The lowest BCUT2D eigenvalue weighted by Gasteiger charge is -2.17. The van der Waals surface area contributed by atoms with Crippen molar-refractivity contribution in [1.82, 2.24) is 0 Å². The van der Waals surface area contributed by atoms with E-state index in [4.69, 9.17) is 19.9 Å². The molecule has 2 N–H and O–H groups in total. The van der Waals surface area contributed by atoms with Gasteiger partial charge in [0.1, 0.15) is 18.8 Å². The van der Waals surface area contributed by atoms with E-state index in [0.29, 0.717) is 5.56 Å². The molecule has 0 bridgehead atoms. The molecule has 0 unspecified atom stereocenters. The first-order valence-electron chi connectivity index (χ1n) is 8.29. The zero-order valence-corrected chi connectivity index (χ0v) is 16.1. The number of ether oxygens (including phenoxy) is 5. The number of rotatable bonds is 8. The highest BCUT2D eigenvalue weighted by Crippen LogP contribution is 2.29. The standard InChI is InChI=1S/C18H23NO9/c1-10(9-25-18(23)24-4)26-17(22)14(19)7-13-5-6-15(27-11(2)20)16(8-13)28-12(3)21/h5-6,8,10,14H,7,9,19H2,1-4H3/t10-,14-/m0/s1. The molecular weight excluding hydrogens is 374 g/mol. The molecule has 0 radical (unpaired) electrons. The maximum absolute atomic E-state index is 12.1. The highest BCUT2D eigenvalue weighted by Gasteiger charge is 2.21. The Morgan fingerprint density at radius 1 is 1.04 bits per heavy atom. The predicted molar refractivity (Wildman–Crippen MR) is 94.7 cm³/mol. The highest BCUT2D eigenvalue weighted by atomic mass is 16.7. The number of carbonyl (C=O) groups is 4. The smallest absolute Gasteiger partial charge is 0.458 e. The molecule has 0 saturated carbocycles. The van der Waals surface area contributed by atoms with E-state index in [1.807, 2.05) is 0 Å². The molecule has 2 atom stereocenters. The van der Waals surface area contributed by atoms with Gasteiger partial charge >= 0.3 is 24.1 Å². The van der Waals surface area contributed by atoms with Crippen molar-refractivity contribution < 1.29 is 42.9 Å². The molecule has 154 valence electrons. The van der Waals surface area contributed by atoms with Crippen LogP contribution in [0.1, 0.15) is 26.3 Å². The maximum Gasteiger partial charge on any atom is 0.508 e. The molecule has 1 rings (SSSR count). The lowest BCUT2D eigenvalue weighted by molar-refractivity contribution is -0.152. The van der Waals surface area contributed by atoms with Crippen LogP contribution in [0.4, 0.5) is 4.79 Å². The Kier molecular flexibility index (Phi) is 8.89. The Morgan fingerprint density at radius 2 is 1.64 bits per heavy atom. The zero-order valence-electron chi connectivity index (χ0n) is 16.1. The predicted octanol–water partition coefficient (Wildman–Crippen LogP) is 1.12. The summed E-state index contributed by atoms with van der Waals surface area (Å²) in [5.41, 5.74) is 6.40. The van der Waals surface area contributed by atoms with E-state index >= 15 is 0 Å². The van der Waals surface area contributed by atoms with Crippen LogP contribution in [0.25, 0.3) is 0 Å². The average molecular weight is 397 g/mol. The first-order chi connectivity index (χ1) is 13.1. The van der Waals surface area contributed by atoms with Crippen LogP contribution in [0.15, 0.2) is 18.2 Å². The Labute approximate surface area is 161 Å². The van der Waals surface area contributed by atoms with Crippen LogP contribution in [0.2, 0.25) is 0 Å². The Hall–Kier alpha value is -3.14. The van der Waals surface area contributed by atoms with Crippen molar-refractivity contribution in [3.05, 3.63) is 23.8 Å². The number of carbonyl (C=O) groups excluding carboxylic acids is 4. The molecule has 0 aliphatic carbocycles. The fraction of sp³-hybridized carbons (Fsp3) is 0.444. The molecule has 0 heterocycles. The van der Waals surface area contributed by atoms with Gasteiger partial charge in [-0.3, -0.25) is 14.4 Å². The molecule has 1 aromatic rings. The normalized spacial score (nSPS) is 12.3. The van der Waals surface area contributed by atoms with Gasteiger partial charge in [0.05, 0.1) is 7.11 Å². The van der Waals surface area contributed by atoms with E-state index in [0.717, 1.165) is 7.11 Å². The van der Waals surface area contributed by atoms with Gasteiger partial charge in [0.15, 0.2) is 11.5 Å². The van der Waals surface area contributed by atoms with Gasteiger partial charge in [0.2, 0.25) is 0 Å². The minimum Gasteiger partial charge on any atom is -0.458 e. The number of methoxy groups -OCH3 is 1. The van der Waals surface area contributed by atoms with E-state index in [1.54, 1.807) is 6.07 Å². The van der Waals surface area contributed by atoms with Crippen LogP contribution in [0.5, 0.6) is 11.5 Å². The summed E-state index contributed by atoms with van der Waals surface area (Å²) in [7, 11) is 1.16. The van der Waals surface area contributed by atoms with Crippen molar-refractivity contribution in [2.75, 3.05) is 13.7 Å². The number of benzene rings is 1. The third-order valence-corrected chi connectivity index (χ3v) is 3.19. The molecule has 0 aromatic heterocycles. The summed E-state index contributed by atoms with van der Waals surface area (Å²) in [6.45, 7) is 3.76. The first-order valence-corrected chi connectivity index (χ1v) is 8.29. The maximum atomic E-state index is 12.1. The highest BCUT2D eigenvalue weighted by molar-refractivity contribution is 5.76. The van der Waals surface area contributed by atoms with E-state index < -0.39 is 36.2 Å². The molecule has 28 heavy (non-hydrogen) atoms. The Morgan fingerprint density at radius 3 is 2.21 bits per heavy atom. The zero-order chi connectivity index (χ0) is 21.3. The SMILES string of the molecule is COC(=O)OC[C@H](C)OC(=O)[C@@H](N)Cc1ccc(OC(C)=O)c(OC(C)=O)c1. The minimum absolute atomic E-state index is 0.0283.